The molecule has 0 radical (unpaired) electrons. The molecule has 1 aliphatic heterocycles. The van der Waals surface area contributed by atoms with E-state index in [2.05, 4.69) is 25.3 Å². The van der Waals surface area contributed by atoms with Gasteiger partial charge in [0, 0.05) is 25.2 Å². The number of carbonyl (C=O) groups is 1. The molecule has 0 saturated carbocycles. The average molecular weight is 411 g/mol. The van der Waals surface area contributed by atoms with E-state index in [4.69, 9.17) is 0 Å². The fourth-order valence-electron chi connectivity index (χ4n) is 3.31. The van der Waals surface area contributed by atoms with Crippen LogP contribution in [0.2, 0.25) is 0 Å². The average Bonchev–Trinajstić information content (AvgIpc) is 3.29. The number of hydrogen-bond donors (Lipinski definition) is 1. The summed E-state index contributed by atoms with van der Waals surface area (Å²) in [5.41, 5.74) is 0.332. The molecule has 0 spiro atoms. The standard InChI is InChI=1S/C20H22N6O2S/c1-14(26-19(27)8-7-15(24-26)16-6-5-11-29-16)20(28)23-17-12-18(22-13-21-17)25-9-3-2-4-10-25/h5-8,11-14H,2-4,9-10H2,1H3,(H,21,22,23,28). The lowest BCUT2D eigenvalue weighted by atomic mass is 10.1. The van der Waals surface area contributed by atoms with Gasteiger partial charge in [0.15, 0.2) is 0 Å². The zero-order valence-electron chi connectivity index (χ0n) is 16.1. The third kappa shape index (κ3) is 4.34. The van der Waals surface area contributed by atoms with Crippen LogP contribution >= 0.6 is 11.3 Å². The van der Waals surface area contributed by atoms with E-state index in [-0.39, 0.29) is 11.5 Å². The number of aromatic nitrogens is 4. The number of nitrogens with one attached hydrogen (secondary N) is 1. The van der Waals surface area contributed by atoms with Gasteiger partial charge in [-0.25, -0.2) is 14.6 Å². The summed E-state index contributed by atoms with van der Waals surface area (Å²) in [5.74, 6) is 0.865. The molecular formula is C20H22N6O2S. The largest absolute Gasteiger partial charge is 0.356 e. The molecule has 9 heteroatoms. The second kappa shape index (κ2) is 8.52. The Hall–Kier alpha value is -3.07. The Labute approximate surface area is 172 Å². The lowest BCUT2D eigenvalue weighted by molar-refractivity contribution is -0.119. The molecule has 150 valence electrons. The summed E-state index contributed by atoms with van der Waals surface area (Å²) in [7, 11) is 0. The fourth-order valence-corrected chi connectivity index (χ4v) is 4.00. The first-order valence-electron chi connectivity index (χ1n) is 9.63. The molecule has 4 heterocycles. The molecule has 0 bridgehead atoms. The highest BCUT2D eigenvalue weighted by Crippen LogP contribution is 2.22. The van der Waals surface area contributed by atoms with Gasteiger partial charge in [-0.15, -0.1) is 11.3 Å². The van der Waals surface area contributed by atoms with E-state index < -0.39 is 6.04 Å². The Morgan fingerprint density at radius 3 is 2.76 bits per heavy atom. The van der Waals surface area contributed by atoms with Crippen molar-refractivity contribution in [2.75, 3.05) is 23.3 Å². The van der Waals surface area contributed by atoms with Crippen molar-refractivity contribution in [1.82, 2.24) is 19.7 Å². The lowest BCUT2D eigenvalue weighted by Gasteiger charge is -2.27. The highest BCUT2D eigenvalue weighted by atomic mass is 32.1. The van der Waals surface area contributed by atoms with Crippen LogP contribution in [0.15, 0.2) is 46.8 Å². The van der Waals surface area contributed by atoms with Crippen LogP contribution in [-0.4, -0.2) is 38.7 Å². The van der Waals surface area contributed by atoms with E-state index in [0.29, 0.717) is 11.5 Å². The summed E-state index contributed by atoms with van der Waals surface area (Å²) in [4.78, 5) is 36.7. The molecule has 4 rings (SSSR count). The van der Waals surface area contributed by atoms with E-state index in [0.717, 1.165) is 36.6 Å². The first-order chi connectivity index (χ1) is 14.1. The third-order valence-electron chi connectivity index (χ3n) is 4.93. The van der Waals surface area contributed by atoms with Crippen molar-refractivity contribution in [3.63, 3.8) is 0 Å². The van der Waals surface area contributed by atoms with Crippen molar-refractivity contribution in [3.8, 4) is 10.6 Å². The number of thiophene rings is 1. The molecule has 1 atom stereocenters. The Morgan fingerprint density at radius 1 is 1.17 bits per heavy atom. The molecule has 0 aliphatic carbocycles. The van der Waals surface area contributed by atoms with E-state index in [9.17, 15) is 9.59 Å². The second-order valence-electron chi connectivity index (χ2n) is 6.95. The summed E-state index contributed by atoms with van der Waals surface area (Å²) in [6.45, 7) is 3.56. The van der Waals surface area contributed by atoms with Crippen LogP contribution in [0.5, 0.6) is 0 Å². The summed E-state index contributed by atoms with van der Waals surface area (Å²) in [6, 6.07) is 7.94. The number of nitrogens with zero attached hydrogens (tertiary/aromatic N) is 5. The van der Waals surface area contributed by atoms with E-state index in [1.165, 1.54) is 34.8 Å². The molecule has 0 aromatic carbocycles. The Balaban J connectivity index is 1.52. The minimum absolute atomic E-state index is 0.329. The first-order valence-corrected chi connectivity index (χ1v) is 10.5. The predicted molar refractivity (Wildman–Crippen MR) is 113 cm³/mol. The fraction of sp³-hybridized carbons (Fsp3) is 0.350. The maximum atomic E-state index is 12.8. The quantitative estimate of drug-likeness (QED) is 0.695. The van der Waals surface area contributed by atoms with Gasteiger partial charge in [-0.3, -0.25) is 9.59 Å². The summed E-state index contributed by atoms with van der Waals surface area (Å²) in [6.07, 6.45) is 4.96. The van der Waals surface area contributed by atoms with Gasteiger partial charge in [0.2, 0.25) is 5.91 Å². The topological polar surface area (TPSA) is 93.0 Å². The van der Waals surface area contributed by atoms with Crippen molar-refractivity contribution in [1.29, 1.82) is 0 Å². The summed E-state index contributed by atoms with van der Waals surface area (Å²) < 4.78 is 1.21. The zero-order chi connectivity index (χ0) is 20.2. The molecule has 3 aromatic rings. The van der Waals surface area contributed by atoms with Gasteiger partial charge >= 0.3 is 0 Å². The third-order valence-corrected chi connectivity index (χ3v) is 5.82. The number of carbonyl (C=O) groups excluding carboxylic acids is 1. The van der Waals surface area contributed by atoms with Gasteiger partial charge in [0.1, 0.15) is 29.7 Å². The van der Waals surface area contributed by atoms with Crippen molar-refractivity contribution in [2.45, 2.75) is 32.2 Å². The number of anilines is 2. The van der Waals surface area contributed by atoms with Gasteiger partial charge in [0.25, 0.3) is 5.56 Å². The second-order valence-corrected chi connectivity index (χ2v) is 7.90. The van der Waals surface area contributed by atoms with Crippen LogP contribution in [0.4, 0.5) is 11.6 Å². The van der Waals surface area contributed by atoms with Crippen LogP contribution in [0.25, 0.3) is 10.6 Å². The van der Waals surface area contributed by atoms with Crippen LogP contribution in [-0.2, 0) is 4.79 Å². The Kier molecular flexibility index (Phi) is 5.66. The maximum absolute atomic E-state index is 12.8. The number of hydrogen-bond acceptors (Lipinski definition) is 7. The van der Waals surface area contributed by atoms with Gasteiger partial charge in [-0.2, -0.15) is 5.10 Å². The number of amides is 1. The summed E-state index contributed by atoms with van der Waals surface area (Å²) in [5, 5.41) is 9.11. The first kappa shape index (κ1) is 19.3. The van der Waals surface area contributed by atoms with Crippen molar-refractivity contribution < 1.29 is 4.79 Å². The number of rotatable bonds is 5. The van der Waals surface area contributed by atoms with Crippen molar-refractivity contribution in [3.05, 3.63) is 52.4 Å². The number of piperidine rings is 1. The van der Waals surface area contributed by atoms with Crippen molar-refractivity contribution >= 4 is 28.9 Å². The molecular weight excluding hydrogens is 388 g/mol. The molecule has 8 nitrogen and oxygen atoms in total. The van der Waals surface area contributed by atoms with E-state index in [1.54, 1.807) is 19.1 Å². The van der Waals surface area contributed by atoms with Crippen LogP contribution in [0.3, 0.4) is 0 Å². The maximum Gasteiger partial charge on any atom is 0.267 e. The predicted octanol–water partition coefficient (Wildman–Crippen LogP) is 2.95. The van der Waals surface area contributed by atoms with Crippen LogP contribution in [0.1, 0.15) is 32.2 Å². The molecule has 1 N–H and O–H groups in total. The molecule has 1 aliphatic rings. The van der Waals surface area contributed by atoms with Crippen LogP contribution < -0.4 is 15.8 Å². The molecule has 1 fully saturated rings. The lowest BCUT2D eigenvalue weighted by Crippen LogP contribution is -2.33. The van der Waals surface area contributed by atoms with Crippen molar-refractivity contribution in [2.24, 2.45) is 0 Å². The highest BCUT2D eigenvalue weighted by Gasteiger charge is 2.20. The molecule has 29 heavy (non-hydrogen) atoms. The molecule has 1 saturated heterocycles. The summed E-state index contributed by atoms with van der Waals surface area (Å²) >= 11 is 1.53. The minimum atomic E-state index is -0.782. The normalized spacial score (nSPS) is 15.1. The molecule has 1 unspecified atom stereocenters. The Bertz CT molecular complexity index is 1040. The zero-order valence-corrected chi connectivity index (χ0v) is 16.9. The monoisotopic (exact) mass is 410 g/mol. The molecule has 1 amide bonds. The minimum Gasteiger partial charge on any atom is -0.356 e. The Morgan fingerprint density at radius 2 is 2.00 bits per heavy atom. The smallest absolute Gasteiger partial charge is 0.267 e. The highest BCUT2D eigenvalue weighted by molar-refractivity contribution is 7.13. The van der Waals surface area contributed by atoms with Crippen LogP contribution in [0, 0.1) is 0 Å². The van der Waals surface area contributed by atoms with E-state index in [1.807, 2.05) is 17.5 Å². The SMILES string of the molecule is CC(C(=O)Nc1cc(N2CCCCC2)ncn1)n1nc(-c2cccs2)ccc1=O. The van der Waals surface area contributed by atoms with Gasteiger partial charge in [-0.05, 0) is 43.7 Å². The van der Waals surface area contributed by atoms with E-state index >= 15 is 0 Å². The van der Waals surface area contributed by atoms with Gasteiger partial charge in [-0.1, -0.05) is 6.07 Å². The molecule has 3 aromatic heterocycles. The van der Waals surface area contributed by atoms with Gasteiger partial charge < -0.3 is 10.2 Å². The van der Waals surface area contributed by atoms with Gasteiger partial charge in [0.05, 0.1) is 4.88 Å².